The van der Waals surface area contributed by atoms with Crippen LogP contribution in [-0.4, -0.2) is 32.9 Å². The van der Waals surface area contributed by atoms with E-state index in [1.807, 2.05) is 13.0 Å². The van der Waals surface area contributed by atoms with E-state index in [4.69, 9.17) is 9.47 Å². The molecule has 0 bridgehead atoms. The van der Waals surface area contributed by atoms with Crippen molar-refractivity contribution in [3.05, 3.63) is 23.3 Å². The van der Waals surface area contributed by atoms with Crippen LogP contribution in [0.4, 0.5) is 0 Å². The number of likely N-dealkylation sites (N-methyl/N-ethyl adjacent to an activating group) is 1. The molecule has 0 fully saturated rings. The number of ether oxygens (including phenoxy) is 2. The summed E-state index contributed by atoms with van der Waals surface area (Å²) in [5.41, 5.74) is 1.76. The first-order valence-electron chi connectivity index (χ1n) is 5.19. The van der Waals surface area contributed by atoms with Crippen LogP contribution in [0.2, 0.25) is 0 Å². The fourth-order valence-corrected chi connectivity index (χ4v) is 1.76. The van der Waals surface area contributed by atoms with E-state index in [9.17, 15) is 5.11 Å². The highest BCUT2D eigenvalue weighted by Gasteiger charge is 2.16. The molecular weight excluding hydrogens is 206 g/mol. The molecule has 0 radical (unpaired) electrons. The molecule has 0 saturated carbocycles. The van der Waals surface area contributed by atoms with Crippen molar-refractivity contribution < 1.29 is 14.6 Å². The fraction of sp³-hybridized carbons (Fsp3) is 0.500. The molecule has 4 heteroatoms. The standard InChI is InChI=1S/C12H19NO3/c1-8-9(10(14)7-13-2)5-6-11(15-3)12(8)16-4/h5-6,10,13-14H,7H2,1-4H3. The van der Waals surface area contributed by atoms with Crippen LogP contribution < -0.4 is 14.8 Å². The number of methoxy groups -OCH3 is 2. The lowest BCUT2D eigenvalue weighted by Gasteiger charge is -2.17. The molecular formula is C12H19NO3. The smallest absolute Gasteiger partial charge is 0.163 e. The molecule has 0 aliphatic heterocycles. The van der Waals surface area contributed by atoms with Gasteiger partial charge in [-0.05, 0) is 25.6 Å². The molecule has 0 aliphatic rings. The summed E-state index contributed by atoms with van der Waals surface area (Å²) < 4.78 is 10.5. The van der Waals surface area contributed by atoms with Gasteiger partial charge in [-0.1, -0.05) is 6.07 Å². The molecule has 1 atom stereocenters. The van der Waals surface area contributed by atoms with Gasteiger partial charge in [-0.3, -0.25) is 0 Å². The number of hydrogen-bond donors (Lipinski definition) is 2. The Bertz CT molecular complexity index is 352. The molecule has 2 N–H and O–H groups in total. The minimum absolute atomic E-state index is 0.510. The third-order valence-electron chi connectivity index (χ3n) is 2.59. The van der Waals surface area contributed by atoms with E-state index < -0.39 is 6.10 Å². The lowest BCUT2D eigenvalue weighted by Crippen LogP contribution is -2.17. The average molecular weight is 225 g/mol. The van der Waals surface area contributed by atoms with Gasteiger partial charge in [0.1, 0.15) is 0 Å². The van der Waals surface area contributed by atoms with Crippen molar-refractivity contribution >= 4 is 0 Å². The topological polar surface area (TPSA) is 50.7 Å². The Kier molecular flexibility index (Phi) is 4.58. The first-order valence-corrected chi connectivity index (χ1v) is 5.19. The maximum absolute atomic E-state index is 9.93. The van der Waals surface area contributed by atoms with E-state index >= 15 is 0 Å². The van der Waals surface area contributed by atoms with Crippen molar-refractivity contribution in [3.8, 4) is 11.5 Å². The summed E-state index contributed by atoms with van der Waals surface area (Å²) in [5, 5.41) is 12.9. The number of nitrogens with one attached hydrogen (secondary N) is 1. The molecule has 0 amide bonds. The van der Waals surface area contributed by atoms with Gasteiger partial charge in [0.15, 0.2) is 11.5 Å². The average Bonchev–Trinajstić information content (AvgIpc) is 2.28. The molecule has 0 aliphatic carbocycles. The SMILES string of the molecule is CNCC(O)c1ccc(OC)c(OC)c1C. The number of aliphatic hydroxyl groups is 1. The summed E-state index contributed by atoms with van der Waals surface area (Å²) in [7, 11) is 5.00. The Morgan fingerprint density at radius 2 is 2.00 bits per heavy atom. The maximum atomic E-state index is 9.93. The van der Waals surface area contributed by atoms with Gasteiger partial charge >= 0.3 is 0 Å². The Hall–Kier alpha value is -1.26. The first kappa shape index (κ1) is 12.8. The Labute approximate surface area is 96.2 Å². The van der Waals surface area contributed by atoms with Crippen LogP contribution >= 0.6 is 0 Å². The second-order valence-corrected chi connectivity index (χ2v) is 3.59. The minimum Gasteiger partial charge on any atom is -0.493 e. The second kappa shape index (κ2) is 5.72. The van der Waals surface area contributed by atoms with E-state index in [1.165, 1.54) is 0 Å². The largest absolute Gasteiger partial charge is 0.493 e. The molecule has 1 aromatic rings. The fourth-order valence-electron chi connectivity index (χ4n) is 1.76. The van der Waals surface area contributed by atoms with Crippen LogP contribution in [0.25, 0.3) is 0 Å². The predicted octanol–water partition coefficient (Wildman–Crippen LogP) is 1.27. The van der Waals surface area contributed by atoms with E-state index in [-0.39, 0.29) is 0 Å². The quantitative estimate of drug-likeness (QED) is 0.792. The predicted molar refractivity (Wildman–Crippen MR) is 63.2 cm³/mol. The normalized spacial score (nSPS) is 12.3. The highest BCUT2D eigenvalue weighted by atomic mass is 16.5. The molecule has 1 unspecified atom stereocenters. The summed E-state index contributed by atoms with van der Waals surface area (Å²) in [6.07, 6.45) is -0.537. The van der Waals surface area contributed by atoms with Crippen LogP contribution in [0.3, 0.4) is 0 Å². The molecule has 16 heavy (non-hydrogen) atoms. The molecule has 1 aromatic carbocycles. The van der Waals surface area contributed by atoms with Gasteiger partial charge in [0.25, 0.3) is 0 Å². The van der Waals surface area contributed by atoms with Crippen molar-refractivity contribution in [1.82, 2.24) is 5.32 Å². The number of rotatable bonds is 5. The van der Waals surface area contributed by atoms with Gasteiger partial charge in [-0.25, -0.2) is 0 Å². The van der Waals surface area contributed by atoms with E-state index in [1.54, 1.807) is 27.3 Å². The highest BCUT2D eigenvalue weighted by molar-refractivity contribution is 5.50. The summed E-state index contributed by atoms with van der Waals surface area (Å²) in [4.78, 5) is 0. The van der Waals surface area contributed by atoms with Crippen molar-refractivity contribution in [3.63, 3.8) is 0 Å². The van der Waals surface area contributed by atoms with Crippen LogP contribution in [0.1, 0.15) is 17.2 Å². The molecule has 4 nitrogen and oxygen atoms in total. The number of benzene rings is 1. The highest BCUT2D eigenvalue weighted by Crippen LogP contribution is 2.34. The Morgan fingerprint density at radius 1 is 1.31 bits per heavy atom. The number of hydrogen-bond acceptors (Lipinski definition) is 4. The molecule has 1 rings (SSSR count). The van der Waals surface area contributed by atoms with Gasteiger partial charge in [0.2, 0.25) is 0 Å². The van der Waals surface area contributed by atoms with E-state index in [2.05, 4.69) is 5.32 Å². The van der Waals surface area contributed by atoms with E-state index in [0.717, 1.165) is 11.1 Å². The Morgan fingerprint density at radius 3 is 2.50 bits per heavy atom. The molecule has 0 heterocycles. The molecule has 0 aromatic heterocycles. The summed E-state index contributed by atoms with van der Waals surface area (Å²) in [6, 6.07) is 3.67. The Balaban J connectivity index is 3.13. The van der Waals surface area contributed by atoms with Gasteiger partial charge in [0.05, 0.1) is 20.3 Å². The zero-order valence-electron chi connectivity index (χ0n) is 10.2. The summed E-state index contributed by atoms with van der Waals surface area (Å²) in [5.74, 6) is 1.36. The van der Waals surface area contributed by atoms with E-state index in [0.29, 0.717) is 18.0 Å². The van der Waals surface area contributed by atoms with Crippen LogP contribution in [0.15, 0.2) is 12.1 Å². The van der Waals surface area contributed by atoms with Crippen LogP contribution in [0.5, 0.6) is 11.5 Å². The summed E-state index contributed by atoms with van der Waals surface area (Å²) >= 11 is 0. The lowest BCUT2D eigenvalue weighted by atomic mass is 10.0. The van der Waals surface area contributed by atoms with Crippen molar-refractivity contribution in [2.24, 2.45) is 0 Å². The van der Waals surface area contributed by atoms with Gasteiger partial charge in [-0.15, -0.1) is 0 Å². The van der Waals surface area contributed by atoms with Gasteiger partial charge < -0.3 is 19.9 Å². The maximum Gasteiger partial charge on any atom is 0.163 e. The zero-order valence-corrected chi connectivity index (χ0v) is 10.2. The van der Waals surface area contributed by atoms with Crippen molar-refractivity contribution in [2.75, 3.05) is 27.8 Å². The van der Waals surface area contributed by atoms with Gasteiger partial charge in [-0.2, -0.15) is 0 Å². The third kappa shape index (κ3) is 2.46. The number of aliphatic hydroxyl groups excluding tert-OH is 1. The minimum atomic E-state index is -0.537. The molecule has 0 saturated heterocycles. The van der Waals surface area contributed by atoms with Crippen LogP contribution in [0, 0.1) is 6.92 Å². The second-order valence-electron chi connectivity index (χ2n) is 3.59. The zero-order chi connectivity index (χ0) is 12.1. The van der Waals surface area contributed by atoms with Gasteiger partial charge in [0, 0.05) is 12.1 Å². The summed E-state index contributed by atoms with van der Waals surface area (Å²) in [6.45, 7) is 2.42. The molecule has 0 spiro atoms. The van der Waals surface area contributed by atoms with Crippen molar-refractivity contribution in [1.29, 1.82) is 0 Å². The van der Waals surface area contributed by atoms with Crippen LogP contribution in [-0.2, 0) is 0 Å². The third-order valence-corrected chi connectivity index (χ3v) is 2.59. The van der Waals surface area contributed by atoms with Crippen molar-refractivity contribution in [2.45, 2.75) is 13.0 Å². The monoisotopic (exact) mass is 225 g/mol. The first-order chi connectivity index (χ1) is 7.65. The lowest BCUT2D eigenvalue weighted by molar-refractivity contribution is 0.176. The molecule has 90 valence electrons.